The number of sulfonamides is 1. The summed E-state index contributed by atoms with van der Waals surface area (Å²) in [6, 6.07) is 3.85. The van der Waals surface area contributed by atoms with Gasteiger partial charge < -0.3 is 14.2 Å². The van der Waals surface area contributed by atoms with Gasteiger partial charge in [-0.3, -0.25) is 0 Å². The maximum atomic E-state index is 13.0. The summed E-state index contributed by atoms with van der Waals surface area (Å²) in [6.07, 6.45) is -1.23. The Bertz CT molecular complexity index is 847. The predicted octanol–water partition coefficient (Wildman–Crippen LogP) is 1.61. The van der Waals surface area contributed by atoms with Gasteiger partial charge in [-0.25, -0.2) is 18.0 Å². The number of hydrogen-bond acceptors (Lipinski definition) is 7. The number of carbonyl (C=O) groups excluding carboxylic acids is 2. The monoisotopic (exact) mass is 417 g/mol. The van der Waals surface area contributed by atoms with E-state index in [0.29, 0.717) is 0 Å². The van der Waals surface area contributed by atoms with E-state index in [9.17, 15) is 18.0 Å². The van der Waals surface area contributed by atoms with Crippen LogP contribution in [0.1, 0.15) is 30.6 Å². The molecule has 8 nitrogen and oxygen atoms in total. The average Bonchev–Trinajstić information content (AvgIpc) is 2.99. The Labute approximate surface area is 162 Å². The van der Waals surface area contributed by atoms with Crippen LogP contribution in [0.25, 0.3) is 0 Å². The maximum Gasteiger partial charge on any atom is 0.347 e. The van der Waals surface area contributed by atoms with E-state index in [-0.39, 0.29) is 53.8 Å². The summed E-state index contributed by atoms with van der Waals surface area (Å²) < 4.78 is 42.8. The van der Waals surface area contributed by atoms with Crippen molar-refractivity contribution < 1.29 is 32.2 Å². The Balaban J connectivity index is 1.86. The number of morpholine rings is 1. The minimum Gasteiger partial charge on any atom is -0.463 e. The first-order chi connectivity index (χ1) is 12.7. The summed E-state index contributed by atoms with van der Waals surface area (Å²) >= 11 is 6.11. The Kier molecular flexibility index (Phi) is 5.76. The molecule has 27 heavy (non-hydrogen) atoms. The Morgan fingerprint density at radius 1 is 1.26 bits per heavy atom. The van der Waals surface area contributed by atoms with Gasteiger partial charge in [-0.1, -0.05) is 11.6 Å². The molecule has 2 aliphatic rings. The van der Waals surface area contributed by atoms with Crippen LogP contribution >= 0.6 is 11.6 Å². The molecule has 0 aliphatic carbocycles. The quantitative estimate of drug-likeness (QED) is 0.686. The number of esters is 2. The molecule has 3 atom stereocenters. The van der Waals surface area contributed by atoms with Crippen LogP contribution in [0.4, 0.5) is 0 Å². The van der Waals surface area contributed by atoms with Crippen molar-refractivity contribution in [3.05, 3.63) is 28.8 Å². The van der Waals surface area contributed by atoms with Gasteiger partial charge >= 0.3 is 11.9 Å². The summed E-state index contributed by atoms with van der Waals surface area (Å²) in [4.78, 5) is 23.6. The van der Waals surface area contributed by atoms with Crippen LogP contribution in [0.3, 0.4) is 0 Å². The molecule has 0 aromatic heterocycles. The minimum absolute atomic E-state index is 0.00127. The van der Waals surface area contributed by atoms with Crippen LogP contribution in [0.5, 0.6) is 0 Å². The number of benzene rings is 1. The van der Waals surface area contributed by atoms with Crippen molar-refractivity contribution in [1.29, 1.82) is 0 Å². The highest BCUT2D eigenvalue weighted by Gasteiger charge is 2.35. The Morgan fingerprint density at radius 2 is 1.93 bits per heavy atom. The summed E-state index contributed by atoms with van der Waals surface area (Å²) in [7, 11) is -3.93. The van der Waals surface area contributed by atoms with E-state index in [1.165, 1.54) is 22.5 Å². The molecule has 1 aromatic carbocycles. The second kappa shape index (κ2) is 7.75. The van der Waals surface area contributed by atoms with Gasteiger partial charge in [0.25, 0.3) is 0 Å². The highest BCUT2D eigenvalue weighted by molar-refractivity contribution is 7.89. The van der Waals surface area contributed by atoms with Gasteiger partial charge in [-0.05, 0) is 32.0 Å². The zero-order valence-electron chi connectivity index (χ0n) is 14.9. The molecule has 2 fully saturated rings. The highest BCUT2D eigenvalue weighted by Crippen LogP contribution is 2.28. The zero-order valence-corrected chi connectivity index (χ0v) is 16.5. The average molecular weight is 418 g/mol. The molecule has 1 aromatic rings. The molecular formula is C17H20ClNO7S. The standard InChI is InChI=1S/C17H20ClNO7S/c1-10-8-19(9-11(2)25-10)27(22,23)15-7-12(3-4-13(15)18)16(20)26-14-5-6-24-17(14)21/h3-4,7,10-11,14H,5-6,8-9H2,1-2H3/t10-,11+,14-/m0/s1. The van der Waals surface area contributed by atoms with E-state index in [1.54, 1.807) is 13.8 Å². The summed E-state index contributed by atoms with van der Waals surface area (Å²) in [5.41, 5.74) is -0.00738. The van der Waals surface area contributed by atoms with Crippen molar-refractivity contribution in [3.8, 4) is 0 Å². The van der Waals surface area contributed by atoms with Gasteiger partial charge in [-0.2, -0.15) is 4.31 Å². The molecule has 0 N–H and O–H groups in total. The van der Waals surface area contributed by atoms with Gasteiger partial charge in [0.1, 0.15) is 4.90 Å². The molecular weight excluding hydrogens is 398 g/mol. The number of ether oxygens (including phenoxy) is 3. The lowest BCUT2D eigenvalue weighted by molar-refractivity contribution is -0.145. The fourth-order valence-electron chi connectivity index (χ4n) is 3.08. The molecule has 0 radical (unpaired) electrons. The summed E-state index contributed by atoms with van der Waals surface area (Å²) in [6.45, 7) is 4.13. The lowest BCUT2D eigenvalue weighted by Gasteiger charge is -2.34. The first-order valence-electron chi connectivity index (χ1n) is 8.51. The Morgan fingerprint density at radius 3 is 2.52 bits per heavy atom. The molecule has 2 heterocycles. The van der Waals surface area contributed by atoms with Crippen LogP contribution in [-0.4, -0.2) is 62.7 Å². The number of hydrogen-bond donors (Lipinski definition) is 0. The fourth-order valence-corrected chi connectivity index (χ4v) is 5.17. The molecule has 3 rings (SSSR count). The summed E-state index contributed by atoms with van der Waals surface area (Å²) in [5.74, 6) is -1.42. The molecule has 0 amide bonds. The first-order valence-corrected chi connectivity index (χ1v) is 10.3. The lowest BCUT2D eigenvalue weighted by atomic mass is 10.2. The van der Waals surface area contributed by atoms with E-state index < -0.39 is 28.1 Å². The maximum absolute atomic E-state index is 13.0. The van der Waals surface area contributed by atoms with Crippen molar-refractivity contribution in [2.75, 3.05) is 19.7 Å². The largest absolute Gasteiger partial charge is 0.463 e. The highest BCUT2D eigenvalue weighted by atomic mass is 35.5. The van der Waals surface area contributed by atoms with E-state index in [0.717, 1.165) is 0 Å². The topological polar surface area (TPSA) is 99.2 Å². The van der Waals surface area contributed by atoms with Crippen LogP contribution in [0.2, 0.25) is 5.02 Å². The van der Waals surface area contributed by atoms with Crippen LogP contribution < -0.4 is 0 Å². The van der Waals surface area contributed by atoms with Crippen molar-refractivity contribution >= 4 is 33.6 Å². The SMILES string of the molecule is C[C@@H]1CN(S(=O)(=O)c2cc(C(=O)O[C@H]3CCOC3=O)ccc2Cl)C[C@H](C)O1. The van der Waals surface area contributed by atoms with E-state index in [2.05, 4.69) is 0 Å². The minimum atomic E-state index is -3.93. The number of carbonyl (C=O) groups is 2. The fraction of sp³-hybridized carbons (Fsp3) is 0.529. The zero-order chi connectivity index (χ0) is 19.8. The molecule has 0 spiro atoms. The predicted molar refractivity (Wildman–Crippen MR) is 95.0 cm³/mol. The van der Waals surface area contributed by atoms with Crippen LogP contribution in [0.15, 0.2) is 23.1 Å². The van der Waals surface area contributed by atoms with E-state index >= 15 is 0 Å². The summed E-state index contributed by atoms with van der Waals surface area (Å²) in [5, 5.41) is -0.00127. The molecule has 10 heteroatoms. The van der Waals surface area contributed by atoms with Crippen molar-refractivity contribution in [2.45, 2.75) is 43.5 Å². The van der Waals surface area contributed by atoms with Crippen LogP contribution in [-0.2, 0) is 29.0 Å². The van der Waals surface area contributed by atoms with Crippen LogP contribution in [0, 0.1) is 0 Å². The second-order valence-corrected chi connectivity index (χ2v) is 8.89. The van der Waals surface area contributed by atoms with Gasteiger partial charge in [-0.15, -0.1) is 0 Å². The third-order valence-electron chi connectivity index (χ3n) is 4.31. The first kappa shape index (κ1) is 20.1. The lowest BCUT2D eigenvalue weighted by Crippen LogP contribution is -2.48. The van der Waals surface area contributed by atoms with E-state index in [1.807, 2.05) is 0 Å². The normalized spacial score (nSPS) is 26.6. The van der Waals surface area contributed by atoms with E-state index in [4.69, 9.17) is 25.8 Å². The van der Waals surface area contributed by atoms with Crippen molar-refractivity contribution in [3.63, 3.8) is 0 Å². The molecule has 0 saturated carbocycles. The van der Waals surface area contributed by atoms with Gasteiger partial charge in [0, 0.05) is 19.5 Å². The second-order valence-electron chi connectivity index (χ2n) is 6.57. The number of nitrogens with zero attached hydrogens (tertiary/aromatic N) is 1. The number of rotatable bonds is 4. The Hall–Kier alpha value is -1.68. The third-order valence-corrected chi connectivity index (χ3v) is 6.62. The molecule has 148 valence electrons. The van der Waals surface area contributed by atoms with Gasteiger partial charge in [0.2, 0.25) is 16.1 Å². The molecule has 2 aliphatic heterocycles. The molecule has 2 saturated heterocycles. The van der Waals surface area contributed by atoms with Crippen molar-refractivity contribution in [2.24, 2.45) is 0 Å². The van der Waals surface area contributed by atoms with Gasteiger partial charge in [0.15, 0.2) is 0 Å². The third kappa shape index (κ3) is 4.26. The van der Waals surface area contributed by atoms with Crippen molar-refractivity contribution in [1.82, 2.24) is 4.31 Å². The molecule has 0 unspecified atom stereocenters. The smallest absolute Gasteiger partial charge is 0.347 e. The number of cyclic esters (lactones) is 1. The number of halogens is 1. The molecule has 0 bridgehead atoms. The van der Waals surface area contributed by atoms with Gasteiger partial charge in [0.05, 0.1) is 29.4 Å².